The van der Waals surface area contributed by atoms with Crippen molar-refractivity contribution in [2.45, 2.75) is 23.8 Å². The summed E-state index contributed by atoms with van der Waals surface area (Å²) < 4.78 is 32.7. The van der Waals surface area contributed by atoms with Crippen LogP contribution in [-0.4, -0.2) is 60.1 Å². The number of aliphatic hydroxyl groups is 1. The van der Waals surface area contributed by atoms with Gasteiger partial charge in [0.2, 0.25) is 16.0 Å². The summed E-state index contributed by atoms with van der Waals surface area (Å²) in [7, 11) is -3.73. The Labute approximate surface area is 174 Å². The van der Waals surface area contributed by atoms with Crippen LogP contribution in [0.3, 0.4) is 0 Å². The van der Waals surface area contributed by atoms with Gasteiger partial charge >= 0.3 is 0 Å². The molecule has 0 spiro atoms. The van der Waals surface area contributed by atoms with Gasteiger partial charge in [0.25, 0.3) is 0 Å². The van der Waals surface area contributed by atoms with E-state index in [9.17, 15) is 8.42 Å². The minimum absolute atomic E-state index is 0.0258. The molecule has 3 rings (SSSR count). The summed E-state index contributed by atoms with van der Waals surface area (Å²) >= 11 is 5.77. The van der Waals surface area contributed by atoms with Crippen LogP contribution in [0.25, 0.3) is 0 Å². The Morgan fingerprint density at radius 2 is 2.00 bits per heavy atom. The number of ether oxygens (including phenoxy) is 1. The Kier molecular flexibility index (Phi) is 6.87. The van der Waals surface area contributed by atoms with Crippen LogP contribution in [0.1, 0.15) is 18.4 Å². The molecular formula is C18H20ClN5O4S. The Morgan fingerprint density at radius 3 is 2.62 bits per heavy atom. The van der Waals surface area contributed by atoms with E-state index in [1.165, 1.54) is 34.9 Å². The third kappa shape index (κ3) is 5.13. The number of rotatable bonds is 7. The van der Waals surface area contributed by atoms with E-state index in [-0.39, 0.29) is 35.5 Å². The van der Waals surface area contributed by atoms with E-state index in [1.54, 1.807) is 0 Å². The summed E-state index contributed by atoms with van der Waals surface area (Å²) in [6, 6.07) is 6.13. The zero-order valence-corrected chi connectivity index (χ0v) is 17.0. The number of aromatic nitrogens is 2. The molecule has 1 fully saturated rings. The number of piperidine rings is 1. The number of sulfonamides is 1. The van der Waals surface area contributed by atoms with Crippen molar-refractivity contribution in [2.24, 2.45) is 0 Å². The van der Waals surface area contributed by atoms with Gasteiger partial charge in [-0.3, -0.25) is 0 Å². The van der Waals surface area contributed by atoms with Gasteiger partial charge in [0.15, 0.2) is 0 Å². The van der Waals surface area contributed by atoms with E-state index in [1.807, 2.05) is 6.07 Å². The number of halogens is 1. The number of aliphatic hydroxyl groups excluding tert-OH is 1. The van der Waals surface area contributed by atoms with Crippen LogP contribution in [0.2, 0.25) is 5.02 Å². The molecule has 9 nitrogen and oxygen atoms in total. The fourth-order valence-corrected chi connectivity index (χ4v) is 4.57. The second-order valence-electron chi connectivity index (χ2n) is 6.39. The highest BCUT2D eigenvalue weighted by Gasteiger charge is 2.30. The molecule has 2 N–H and O–H groups in total. The third-order valence-corrected chi connectivity index (χ3v) is 6.56. The molecule has 0 amide bonds. The van der Waals surface area contributed by atoms with E-state index in [2.05, 4.69) is 15.3 Å². The number of nitriles is 1. The van der Waals surface area contributed by atoms with Crippen LogP contribution in [-0.2, 0) is 10.0 Å². The lowest BCUT2D eigenvalue weighted by atomic mass is 10.1. The summed E-state index contributed by atoms with van der Waals surface area (Å²) in [6.45, 7) is 0.405. The highest BCUT2D eigenvalue weighted by atomic mass is 35.5. The first-order chi connectivity index (χ1) is 13.9. The summed E-state index contributed by atoms with van der Waals surface area (Å²) in [6.07, 6.45) is 4.18. The topological polar surface area (TPSA) is 128 Å². The Balaban J connectivity index is 1.68. The summed E-state index contributed by atoms with van der Waals surface area (Å²) in [5.41, 5.74) is 0.211. The summed E-state index contributed by atoms with van der Waals surface area (Å²) in [4.78, 5) is 8.24. The van der Waals surface area contributed by atoms with E-state index in [0.717, 1.165) is 0 Å². The molecule has 1 aromatic heterocycles. The SMILES string of the molecule is N#Cc1ccc(S(=O)(=O)N2CCC(Nc3ncc(Cl)cn3)CC2)cc1OCCO. The third-order valence-electron chi connectivity index (χ3n) is 4.47. The van der Waals surface area contributed by atoms with Gasteiger partial charge in [0, 0.05) is 25.2 Å². The van der Waals surface area contributed by atoms with Crippen molar-refractivity contribution < 1.29 is 18.3 Å². The fraction of sp³-hybridized carbons (Fsp3) is 0.389. The van der Waals surface area contributed by atoms with Crippen molar-refractivity contribution in [1.29, 1.82) is 5.26 Å². The zero-order chi connectivity index (χ0) is 20.9. The van der Waals surface area contributed by atoms with Gasteiger partial charge in [-0.2, -0.15) is 9.57 Å². The molecule has 1 aromatic carbocycles. The van der Waals surface area contributed by atoms with Gasteiger partial charge in [-0.1, -0.05) is 11.6 Å². The van der Waals surface area contributed by atoms with Crippen molar-refractivity contribution in [1.82, 2.24) is 14.3 Å². The van der Waals surface area contributed by atoms with Gasteiger partial charge in [-0.15, -0.1) is 0 Å². The normalized spacial score (nSPS) is 15.6. The quantitative estimate of drug-likeness (QED) is 0.668. The molecule has 0 atom stereocenters. The molecular weight excluding hydrogens is 418 g/mol. The van der Waals surface area contributed by atoms with Crippen molar-refractivity contribution in [3.63, 3.8) is 0 Å². The molecule has 29 heavy (non-hydrogen) atoms. The molecule has 2 heterocycles. The number of anilines is 1. The van der Waals surface area contributed by atoms with E-state index in [4.69, 9.17) is 26.7 Å². The Bertz CT molecular complexity index is 986. The van der Waals surface area contributed by atoms with Gasteiger partial charge < -0.3 is 15.2 Å². The van der Waals surface area contributed by atoms with E-state index < -0.39 is 10.0 Å². The van der Waals surface area contributed by atoms with Crippen molar-refractivity contribution in [3.8, 4) is 11.8 Å². The maximum Gasteiger partial charge on any atom is 0.243 e. The first-order valence-corrected chi connectivity index (χ1v) is 10.8. The van der Waals surface area contributed by atoms with Crippen LogP contribution in [0, 0.1) is 11.3 Å². The lowest BCUT2D eigenvalue weighted by molar-refractivity contribution is 0.201. The summed E-state index contributed by atoms with van der Waals surface area (Å²) in [5, 5.41) is 21.7. The van der Waals surface area contributed by atoms with Crippen LogP contribution < -0.4 is 10.1 Å². The van der Waals surface area contributed by atoms with Crippen LogP contribution in [0.4, 0.5) is 5.95 Å². The first-order valence-electron chi connectivity index (χ1n) is 8.96. The predicted octanol–water partition coefficient (Wildman–Crippen LogP) is 1.64. The molecule has 0 aliphatic carbocycles. The second kappa shape index (κ2) is 9.37. The zero-order valence-electron chi connectivity index (χ0n) is 15.5. The average molecular weight is 438 g/mol. The van der Waals surface area contributed by atoms with E-state index in [0.29, 0.717) is 36.9 Å². The lowest BCUT2D eigenvalue weighted by Gasteiger charge is -2.31. The minimum atomic E-state index is -3.73. The molecule has 1 aliphatic rings. The highest BCUT2D eigenvalue weighted by Crippen LogP contribution is 2.27. The molecule has 0 radical (unpaired) electrons. The second-order valence-corrected chi connectivity index (χ2v) is 8.76. The Morgan fingerprint density at radius 1 is 1.31 bits per heavy atom. The first kappa shape index (κ1) is 21.3. The maximum absolute atomic E-state index is 13.0. The monoisotopic (exact) mass is 437 g/mol. The number of benzene rings is 1. The highest BCUT2D eigenvalue weighted by molar-refractivity contribution is 7.89. The van der Waals surface area contributed by atoms with E-state index >= 15 is 0 Å². The maximum atomic E-state index is 13.0. The fourth-order valence-electron chi connectivity index (χ4n) is 2.99. The van der Waals surface area contributed by atoms with Gasteiger partial charge in [-0.05, 0) is 25.0 Å². The van der Waals surface area contributed by atoms with Crippen molar-refractivity contribution in [3.05, 3.63) is 41.2 Å². The van der Waals surface area contributed by atoms with Gasteiger partial charge in [-0.25, -0.2) is 18.4 Å². The van der Waals surface area contributed by atoms with Crippen molar-refractivity contribution in [2.75, 3.05) is 31.6 Å². The average Bonchev–Trinajstić information content (AvgIpc) is 2.74. The van der Waals surface area contributed by atoms with Crippen LogP contribution >= 0.6 is 11.6 Å². The molecule has 11 heteroatoms. The smallest absolute Gasteiger partial charge is 0.243 e. The number of nitrogens with zero attached hydrogens (tertiary/aromatic N) is 4. The molecule has 1 aliphatic heterocycles. The Hall–Kier alpha value is -2.45. The predicted molar refractivity (Wildman–Crippen MR) is 106 cm³/mol. The van der Waals surface area contributed by atoms with Crippen molar-refractivity contribution >= 4 is 27.6 Å². The molecule has 0 bridgehead atoms. The molecule has 0 saturated carbocycles. The van der Waals surface area contributed by atoms with Crippen LogP contribution in [0.15, 0.2) is 35.5 Å². The summed E-state index contributed by atoms with van der Waals surface area (Å²) in [5.74, 6) is 0.590. The van der Waals surface area contributed by atoms with Crippen LogP contribution in [0.5, 0.6) is 5.75 Å². The minimum Gasteiger partial charge on any atom is -0.490 e. The molecule has 2 aromatic rings. The van der Waals surface area contributed by atoms with Gasteiger partial charge in [0.1, 0.15) is 18.4 Å². The number of nitrogens with one attached hydrogen (secondary N) is 1. The molecule has 0 unspecified atom stereocenters. The number of hydrogen-bond acceptors (Lipinski definition) is 8. The number of hydrogen-bond donors (Lipinski definition) is 2. The standard InChI is InChI=1S/C18H20ClN5O4S/c19-14-11-21-18(22-12-14)23-15-3-5-24(6-4-15)29(26,27)16-2-1-13(10-20)17(9-16)28-8-7-25/h1-2,9,11-12,15,25H,3-8H2,(H,21,22,23). The molecule has 154 valence electrons. The largest absolute Gasteiger partial charge is 0.490 e. The lowest BCUT2D eigenvalue weighted by Crippen LogP contribution is -2.42. The van der Waals surface area contributed by atoms with Gasteiger partial charge in [0.05, 0.1) is 34.5 Å². The molecule has 1 saturated heterocycles.